The van der Waals surface area contributed by atoms with Gasteiger partial charge in [-0.25, -0.2) is 13.1 Å². The van der Waals surface area contributed by atoms with E-state index in [1.165, 1.54) is 10.4 Å². The monoisotopic (exact) mass is 461 g/mol. The molecule has 0 aliphatic carbocycles. The predicted octanol–water partition coefficient (Wildman–Crippen LogP) is 1.57. The zero-order valence-electron chi connectivity index (χ0n) is 17.9. The zero-order chi connectivity index (χ0) is 22.6. The van der Waals surface area contributed by atoms with E-state index in [1.807, 2.05) is 6.07 Å². The van der Waals surface area contributed by atoms with Crippen LogP contribution < -0.4 is 5.32 Å². The van der Waals surface area contributed by atoms with Gasteiger partial charge >= 0.3 is 0 Å². The number of methoxy groups -OCH3 is 1. The molecule has 1 aromatic carbocycles. The number of amides is 1. The SMILES string of the molecule is COCCn1nnc2cc(S(=O)(=O)N3CCCC[C@H]3C(=O)NCCc3ccco3)ccc21. The van der Waals surface area contributed by atoms with Crippen molar-refractivity contribution in [1.29, 1.82) is 0 Å². The average Bonchev–Trinajstić information content (AvgIpc) is 3.47. The number of nitrogens with one attached hydrogen (secondary N) is 1. The summed E-state index contributed by atoms with van der Waals surface area (Å²) in [6.45, 7) is 1.68. The topological polar surface area (TPSA) is 120 Å². The molecule has 10 nitrogen and oxygen atoms in total. The zero-order valence-corrected chi connectivity index (χ0v) is 18.8. The van der Waals surface area contributed by atoms with E-state index in [9.17, 15) is 13.2 Å². The van der Waals surface area contributed by atoms with Gasteiger partial charge in [-0.1, -0.05) is 11.6 Å². The van der Waals surface area contributed by atoms with Crippen LogP contribution in [0.1, 0.15) is 25.0 Å². The number of ether oxygens (including phenoxy) is 1. The quantitative estimate of drug-likeness (QED) is 0.514. The second-order valence-corrected chi connectivity index (χ2v) is 9.59. The van der Waals surface area contributed by atoms with Gasteiger partial charge in [0.25, 0.3) is 0 Å². The second-order valence-electron chi connectivity index (χ2n) is 7.70. The summed E-state index contributed by atoms with van der Waals surface area (Å²) in [5, 5.41) is 11.0. The molecule has 2 aromatic heterocycles. The van der Waals surface area contributed by atoms with Crippen molar-refractivity contribution in [3.8, 4) is 0 Å². The highest BCUT2D eigenvalue weighted by Gasteiger charge is 2.37. The smallest absolute Gasteiger partial charge is 0.243 e. The Morgan fingerprint density at radius 2 is 2.19 bits per heavy atom. The number of benzene rings is 1. The Kier molecular flexibility index (Phi) is 6.87. The summed E-state index contributed by atoms with van der Waals surface area (Å²) in [4.78, 5) is 13.0. The van der Waals surface area contributed by atoms with Gasteiger partial charge < -0.3 is 14.5 Å². The number of rotatable bonds is 9. The second kappa shape index (κ2) is 9.80. The van der Waals surface area contributed by atoms with Crippen LogP contribution in [0.4, 0.5) is 0 Å². The van der Waals surface area contributed by atoms with E-state index in [0.29, 0.717) is 51.0 Å². The first-order valence-corrected chi connectivity index (χ1v) is 12.1. The van der Waals surface area contributed by atoms with Crippen LogP contribution in [0.5, 0.6) is 0 Å². The molecular weight excluding hydrogens is 434 g/mol. The minimum Gasteiger partial charge on any atom is -0.469 e. The molecule has 1 aliphatic heterocycles. The van der Waals surface area contributed by atoms with Crippen LogP contribution in [0.25, 0.3) is 11.0 Å². The molecule has 1 aliphatic rings. The largest absolute Gasteiger partial charge is 0.469 e. The van der Waals surface area contributed by atoms with Crippen LogP contribution in [-0.2, 0) is 32.5 Å². The Morgan fingerprint density at radius 1 is 1.31 bits per heavy atom. The Balaban J connectivity index is 1.50. The van der Waals surface area contributed by atoms with E-state index in [-0.39, 0.29) is 10.8 Å². The molecule has 1 amide bonds. The van der Waals surface area contributed by atoms with Gasteiger partial charge in [0.2, 0.25) is 15.9 Å². The van der Waals surface area contributed by atoms with Crippen molar-refractivity contribution in [2.45, 2.75) is 43.2 Å². The highest BCUT2D eigenvalue weighted by molar-refractivity contribution is 7.89. The van der Waals surface area contributed by atoms with E-state index < -0.39 is 16.1 Å². The van der Waals surface area contributed by atoms with Crippen molar-refractivity contribution in [3.63, 3.8) is 0 Å². The summed E-state index contributed by atoms with van der Waals surface area (Å²) in [6.07, 6.45) is 4.13. The summed E-state index contributed by atoms with van der Waals surface area (Å²) in [5.74, 6) is 0.483. The normalized spacial score (nSPS) is 17.6. The number of sulfonamides is 1. The summed E-state index contributed by atoms with van der Waals surface area (Å²) < 4.78 is 40.2. The summed E-state index contributed by atoms with van der Waals surface area (Å²) in [6, 6.07) is 7.65. The van der Waals surface area contributed by atoms with E-state index in [4.69, 9.17) is 9.15 Å². The Hall–Kier alpha value is -2.76. The van der Waals surface area contributed by atoms with E-state index in [2.05, 4.69) is 15.6 Å². The van der Waals surface area contributed by atoms with Gasteiger partial charge in [0.15, 0.2) is 0 Å². The number of hydrogen-bond donors (Lipinski definition) is 1. The molecule has 3 heterocycles. The van der Waals surface area contributed by atoms with Crippen molar-refractivity contribution in [2.24, 2.45) is 0 Å². The minimum absolute atomic E-state index is 0.110. The van der Waals surface area contributed by atoms with Gasteiger partial charge in [0.05, 0.1) is 29.8 Å². The van der Waals surface area contributed by atoms with Crippen LogP contribution >= 0.6 is 0 Å². The fourth-order valence-electron chi connectivity index (χ4n) is 3.93. The van der Waals surface area contributed by atoms with E-state index in [1.54, 1.807) is 36.3 Å². The molecule has 11 heteroatoms. The predicted molar refractivity (Wildman–Crippen MR) is 116 cm³/mol. The average molecular weight is 462 g/mol. The lowest BCUT2D eigenvalue weighted by atomic mass is 10.0. The fourth-order valence-corrected chi connectivity index (χ4v) is 5.60. The highest BCUT2D eigenvalue weighted by atomic mass is 32.2. The number of carbonyl (C=O) groups excluding carboxylic acids is 1. The molecule has 1 fully saturated rings. The maximum absolute atomic E-state index is 13.4. The third-order valence-corrected chi connectivity index (χ3v) is 7.51. The molecule has 172 valence electrons. The van der Waals surface area contributed by atoms with E-state index >= 15 is 0 Å². The Bertz CT molecular complexity index is 1160. The van der Waals surface area contributed by atoms with Crippen molar-refractivity contribution in [2.75, 3.05) is 26.8 Å². The number of fused-ring (bicyclic) bond motifs is 1. The van der Waals surface area contributed by atoms with Crippen molar-refractivity contribution >= 4 is 27.0 Å². The van der Waals surface area contributed by atoms with Gasteiger partial charge in [-0.3, -0.25) is 4.79 Å². The molecule has 0 radical (unpaired) electrons. The number of aromatic nitrogens is 3. The summed E-state index contributed by atoms with van der Waals surface area (Å²) >= 11 is 0. The van der Waals surface area contributed by atoms with Gasteiger partial charge in [-0.2, -0.15) is 4.31 Å². The fraction of sp³-hybridized carbons (Fsp3) is 0.476. The minimum atomic E-state index is -3.87. The van der Waals surface area contributed by atoms with Crippen LogP contribution in [-0.4, -0.2) is 66.5 Å². The number of piperidine rings is 1. The number of nitrogens with zero attached hydrogens (tertiary/aromatic N) is 4. The first-order chi connectivity index (χ1) is 15.5. The molecule has 3 aromatic rings. The van der Waals surface area contributed by atoms with Crippen LogP contribution in [0, 0.1) is 0 Å². The molecular formula is C21H27N5O5S. The van der Waals surface area contributed by atoms with Gasteiger partial charge in [-0.05, 0) is 43.2 Å². The highest BCUT2D eigenvalue weighted by Crippen LogP contribution is 2.27. The molecule has 1 atom stereocenters. The molecule has 0 saturated carbocycles. The number of carbonyl (C=O) groups is 1. The molecule has 1 N–H and O–H groups in total. The third kappa shape index (κ3) is 4.69. The van der Waals surface area contributed by atoms with Crippen molar-refractivity contribution < 1.29 is 22.4 Å². The van der Waals surface area contributed by atoms with Crippen LogP contribution in [0.2, 0.25) is 0 Å². The third-order valence-electron chi connectivity index (χ3n) is 5.61. The number of furan rings is 1. The first-order valence-electron chi connectivity index (χ1n) is 10.6. The van der Waals surface area contributed by atoms with Crippen LogP contribution in [0.15, 0.2) is 45.9 Å². The molecule has 4 rings (SSSR count). The van der Waals surface area contributed by atoms with Gasteiger partial charge in [-0.15, -0.1) is 5.10 Å². The lowest BCUT2D eigenvalue weighted by molar-refractivity contribution is -0.125. The molecule has 32 heavy (non-hydrogen) atoms. The molecule has 0 bridgehead atoms. The summed E-state index contributed by atoms with van der Waals surface area (Å²) in [7, 11) is -2.27. The standard InChI is InChI=1S/C21H27N5O5S/c1-30-14-12-25-19-8-7-17(15-18(19)23-24-25)32(28,29)26-11-3-2-6-20(26)21(27)22-10-9-16-5-4-13-31-16/h4-5,7-8,13,15,20H,2-3,6,9-12,14H2,1H3,(H,22,27)/t20-/m0/s1. The van der Waals surface area contributed by atoms with Crippen molar-refractivity contribution in [3.05, 3.63) is 42.4 Å². The lowest BCUT2D eigenvalue weighted by Crippen LogP contribution is -2.52. The Morgan fingerprint density at radius 3 is 2.97 bits per heavy atom. The Labute approximate surface area is 186 Å². The lowest BCUT2D eigenvalue weighted by Gasteiger charge is -2.33. The van der Waals surface area contributed by atoms with E-state index in [0.717, 1.165) is 17.7 Å². The van der Waals surface area contributed by atoms with Gasteiger partial charge in [0.1, 0.15) is 17.3 Å². The maximum atomic E-state index is 13.4. The van der Waals surface area contributed by atoms with Crippen LogP contribution in [0.3, 0.4) is 0 Å². The molecule has 0 spiro atoms. The number of hydrogen-bond acceptors (Lipinski definition) is 7. The van der Waals surface area contributed by atoms with Gasteiger partial charge in [0, 0.05) is 26.6 Å². The molecule has 1 saturated heterocycles. The molecule has 0 unspecified atom stereocenters. The first kappa shape index (κ1) is 22.4. The maximum Gasteiger partial charge on any atom is 0.243 e. The summed E-state index contributed by atoms with van der Waals surface area (Å²) in [5.41, 5.74) is 1.21. The van der Waals surface area contributed by atoms with Crippen molar-refractivity contribution in [1.82, 2.24) is 24.6 Å².